The van der Waals surface area contributed by atoms with E-state index in [1.165, 1.54) is 12.1 Å². The van der Waals surface area contributed by atoms with Gasteiger partial charge in [0.15, 0.2) is 0 Å². The van der Waals surface area contributed by atoms with Crippen molar-refractivity contribution < 1.29 is 9.18 Å². The van der Waals surface area contributed by atoms with E-state index in [1.807, 2.05) is 0 Å². The predicted octanol–water partition coefficient (Wildman–Crippen LogP) is 1.32. The molecule has 1 atom stereocenters. The number of rotatable bonds is 1. The van der Waals surface area contributed by atoms with Gasteiger partial charge in [-0.25, -0.2) is 4.39 Å². The van der Waals surface area contributed by atoms with Crippen LogP contribution in [0.3, 0.4) is 0 Å². The zero-order chi connectivity index (χ0) is 11.5. The quantitative estimate of drug-likeness (QED) is 0.777. The minimum absolute atomic E-state index is 0.0945. The molecule has 1 amide bonds. The monoisotopic (exact) mass is 222 g/mol. The molecule has 2 rings (SSSR count). The molecule has 3 nitrogen and oxygen atoms in total. The number of hydrogen-bond donors (Lipinski definition) is 1. The molecule has 0 aliphatic carbocycles. The van der Waals surface area contributed by atoms with Crippen molar-refractivity contribution in [2.45, 2.75) is 12.5 Å². The lowest BCUT2D eigenvalue weighted by Gasteiger charge is -2.21. The smallest absolute Gasteiger partial charge is 0.223 e. The average molecular weight is 222 g/mol. The number of likely N-dealkylation sites (N-methyl/N-ethyl adjacent to an activating group) is 1. The number of benzene rings is 1. The highest BCUT2D eigenvalue weighted by Gasteiger charge is 2.20. The third kappa shape index (κ3) is 2.39. The van der Waals surface area contributed by atoms with E-state index in [1.54, 1.807) is 24.1 Å². The van der Waals surface area contributed by atoms with Gasteiger partial charge in [0.05, 0.1) is 0 Å². The van der Waals surface area contributed by atoms with Crippen LogP contribution in [-0.4, -0.2) is 30.9 Å². The van der Waals surface area contributed by atoms with Crippen LogP contribution in [0.25, 0.3) is 0 Å². The number of nitrogens with one attached hydrogen (secondary N) is 1. The van der Waals surface area contributed by atoms with Gasteiger partial charge >= 0.3 is 0 Å². The molecule has 16 heavy (non-hydrogen) atoms. The number of halogens is 1. The maximum absolute atomic E-state index is 12.8. The Hall–Kier alpha value is -1.42. The summed E-state index contributed by atoms with van der Waals surface area (Å²) >= 11 is 0. The zero-order valence-electron chi connectivity index (χ0n) is 9.24. The first-order valence-electron chi connectivity index (χ1n) is 5.39. The Labute approximate surface area is 94.3 Å². The Morgan fingerprint density at radius 3 is 2.75 bits per heavy atom. The van der Waals surface area contributed by atoms with Crippen LogP contribution in [0.5, 0.6) is 0 Å². The Balaban J connectivity index is 2.14. The molecule has 0 bridgehead atoms. The van der Waals surface area contributed by atoms with Crippen LogP contribution in [-0.2, 0) is 4.79 Å². The number of carbonyl (C=O) groups excluding carboxylic acids is 1. The number of nitrogens with zero attached hydrogens (tertiary/aromatic N) is 1. The molecule has 1 aromatic rings. The van der Waals surface area contributed by atoms with Crippen LogP contribution in [0.2, 0.25) is 0 Å². The van der Waals surface area contributed by atoms with Gasteiger partial charge in [-0.05, 0) is 17.7 Å². The predicted molar refractivity (Wildman–Crippen MR) is 59.4 cm³/mol. The first-order chi connectivity index (χ1) is 7.66. The van der Waals surface area contributed by atoms with Crippen LogP contribution >= 0.6 is 0 Å². The summed E-state index contributed by atoms with van der Waals surface area (Å²) in [5.41, 5.74) is 1.02. The van der Waals surface area contributed by atoms with Crippen molar-refractivity contribution in [3.8, 4) is 0 Å². The van der Waals surface area contributed by atoms with Crippen LogP contribution < -0.4 is 5.32 Å². The molecule has 4 heteroatoms. The van der Waals surface area contributed by atoms with Crippen LogP contribution in [0, 0.1) is 5.82 Å². The Kier molecular flexibility index (Phi) is 3.19. The number of hydrogen-bond acceptors (Lipinski definition) is 2. The molecule has 1 N–H and O–H groups in total. The van der Waals surface area contributed by atoms with Gasteiger partial charge in [-0.15, -0.1) is 0 Å². The number of carbonyl (C=O) groups is 1. The molecule has 1 unspecified atom stereocenters. The van der Waals surface area contributed by atoms with Crippen molar-refractivity contribution in [2.24, 2.45) is 0 Å². The van der Waals surface area contributed by atoms with Crippen molar-refractivity contribution >= 4 is 5.91 Å². The second kappa shape index (κ2) is 4.61. The van der Waals surface area contributed by atoms with Crippen molar-refractivity contribution in [1.82, 2.24) is 10.2 Å². The third-order valence-electron chi connectivity index (χ3n) is 2.88. The first-order valence-corrected chi connectivity index (χ1v) is 5.39. The summed E-state index contributed by atoms with van der Waals surface area (Å²) in [5, 5.41) is 3.29. The molecular formula is C12H15FN2O. The van der Waals surface area contributed by atoms with E-state index in [-0.39, 0.29) is 17.8 Å². The van der Waals surface area contributed by atoms with E-state index in [0.29, 0.717) is 19.5 Å². The summed E-state index contributed by atoms with van der Waals surface area (Å²) in [7, 11) is 1.80. The van der Waals surface area contributed by atoms with Crippen molar-refractivity contribution in [2.75, 3.05) is 20.1 Å². The average Bonchev–Trinajstić information content (AvgIpc) is 2.43. The molecular weight excluding hydrogens is 207 g/mol. The molecule has 1 fully saturated rings. The standard InChI is InChI=1S/C12H15FN2O/c1-15-8-11(14-7-6-12(15)16)9-2-4-10(13)5-3-9/h2-5,11,14H,6-8H2,1H3. The maximum atomic E-state index is 12.8. The minimum Gasteiger partial charge on any atom is -0.344 e. The topological polar surface area (TPSA) is 32.3 Å². The minimum atomic E-state index is -0.234. The van der Waals surface area contributed by atoms with E-state index in [4.69, 9.17) is 0 Å². The summed E-state index contributed by atoms with van der Waals surface area (Å²) in [6.45, 7) is 1.30. The SMILES string of the molecule is CN1CC(c2ccc(F)cc2)NCCC1=O. The fourth-order valence-electron chi connectivity index (χ4n) is 1.90. The molecule has 1 aliphatic rings. The summed E-state index contributed by atoms with van der Waals surface area (Å²) < 4.78 is 12.8. The molecule has 1 aromatic carbocycles. The van der Waals surface area contributed by atoms with Crippen molar-refractivity contribution in [3.63, 3.8) is 0 Å². The first kappa shape index (κ1) is 11.1. The Morgan fingerprint density at radius 2 is 2.06 bits per heavy atom. The molecule has 0 aromatic heterocycles. The largest absolute Gasteiger partial charge is 0.344 e. The molecule has 1 heterocycles. The van der Waals surface area contributed by atoms with Crippen molar-refractivity contribution in [1.29, 1.82) is 0 Å². The molecule has 0 saturated carbocycles. The van der Waals surface area contributed by atoms with Crippen molar-refractivity contribution in [3.05, 3.63) is 35.6 Å². The molecule has 1 aliphatic heterocycles. The third-order valence-corrected chi connectivity index (χ3v) is 2.88. The van der Waals surface area contributed by atoms with Gasteiger partial charge < -0.3 is 10.2 Å². The molecule has 86 valence electrons. The van der Waals surface area contributed by atoms with Gasteiger partial charge in [-0.2, -0.15) is 0 Å². The Bertz CT molecular complexity index is 377. The highest BCUT2D eigenvalue weighted by atomic mass is 19.1. The van der Waals surface area contributed by atoms with E-state index in [9.17, 15) is 9.18 Å². The van der Waals surface area contributed by atoms with E-state index < -0.39 is 0 Å². The second-order valence-electron chi connectivity index (χ2n) is 4.08. The second-order valence-corrected chi connectivity index (χ2v) is 4.08. The highest BCUT2D eigenvalue weighted by molar-refractivity contribution is 5.76. The molecule has 0 spiro atoms. The summed E-state index contributed by atoms with van der Waals surface area (Å²) in [4.78, 5) is 13.2. The van der Waals surface area contributed by atoms with E-state index >= 15 is 0 Å². The van der Waals surface area contributed by atoms with E-state index in [0.717, 1.165) is 5.56 Å². The van der Waals surface area contributed by atoms with Gasteiger partial charge in [0.2, 0.25) is 5.91 Å². The van der Waals surface area contributed by atoms with Gasteiger partial charge in [-0.1, -0.05) is 12.1 Å². The highest BCUT2D eigenvalue weighted by Crippen LogP contribution is 2.17. The van der Waals surface area contributed by atoms with E-state index in [2.05, 4.69) is 5.32 Å². The number of amides is 1. The van der Waals surface area contributed by atoms with Gasteiger partial charge in [0.1, 0.15) is 5.82 Å². The van der Waals surface area contributed by atoms with Gasteiger partial charge in [-0.3, -0.25) is 4.79 Å². The lowest BCUT2D eigenvalue weighted by Crippen LogP contribution is -2.30. The summed E-state index contributed by atoms with van der Waals surface area (Å²) in [6, 6.07) is 6.51. The summed E-state index contributed by atoms with van der Waals surface area (Å²) in [5.74, 6) is -0.0843. The summed E-state index contributed by atoms with van der Waals surface area (Å²) in [6.07, 6.45) is 0.522. The van der Waals surface area contributed by atoms with Crippen LogP contribution in [0.1, 0.15) is 18.0 Å². The fourth-order valence-corrected chi connectivity index (χ4v) is 1.90. The molecule has 1 saturated heterocycles. The lowest BCUT2D eigenvalue weighted by atomic mass is 10.1. The Morgan fingerprint density at radius 1 is 1.38 bits per heavy atom. The van der Waals surface area contributed by atoms with Gasteiger partial charge in [0.25, 0.3) is 0 Å². The van der Waals surface area contributed by atoms with Crippen LogP contribution in [0.15, 0.2) is 24.3 Å². The lowest BCUT2D eigenvalue weighted by molar-refractivity contribution is -0.129. The normalized spacial score (nSPS) is 22.0. The van der Waals surface area contributed by atoms with Crippen LogP contribution in [0.4, 0.5) is 4.39 Å². The fraction of sp³-hybridized carbons (Fsp3) is 0.417. The van der Waals surface area contributed by atoms with Gasteiger partial charge in [0, 0.05) is 32.6 Å². The zero-order valence-corrected chi connectivity index (χ0v) is 9.24. The molecule has 0 radical (unpaired) electrons. The maximum Gasteiger partial charge on any atom is 0.223 e.